The van der Waals surface area contributed by atoms with Gasteiger partial charge in [-0.2, -0.15) is 0 Å². The maximum Gasteiger partial charge on any atom is 0.255 e. The Hall–Kier alpha value is -1.58. The molecule has 2 rings (SSSR count). The molecule has 0 atom stereocenters. The van der Waals surface area contributed by atoms with Crippen molar-refractivity contribution in [3.05, 3.63) is 23.9 Å². The van der Waals surface area contributed by atoms with E-state index in [-0.39, 0.29) is 5.91 Å². The van der Waals surface area contributed by atoms with E-state index in [2.05, 4.69) is 24.1 Å². The minimum Gasteiger partial charge on any atom is -0.370 e. The standard InChI is InChI=1S/C15H23N3O/c1-3-9-16-14-8-5-12(11-17-14)15(19)18(10-4-2)13-6-7-13/h5,8,11,13H,3-4,6-7,9-10H2,1-2H3,(H,16,17). The molecular formula is C15H23N3O. The molecule has 1 heterocycles. The van der Waals surface area contributed by atoms with Gasteiger partial charge in [0.15, 0.2) is 0 Å². The summed E-state index contributed by atoms with van der Waals surface area (Å²) in [6.07, 6.45) is 6.05. The lowest BCUT2D eigenvalue weighted by Crippen LogP contribution is -2.33. The van der Waals surface area contributed by atoms with Crippen molar-refractivity contribution >= 4 is 11.7 Å². The summed E-state index contributed by atoms with van der Waals surface area (Å²) < 4.78 is 0. The third-order valence-electron chi connectivity index (χ3n) is 3.28. The molecule has 0 aliphatic heterocycles. The van der Waals surface area contributed by atoms with E-state index in [4.69, 9.17) is 0 Å². The topological polar surface area (TPSA) is 45.2 Å². The van der Waals surface area contributed by atoms with E-state index >= 15 is 0 Å². The van der Waals surface area contributed by atoms with Gasteiger partial charge in [0, 0.05) is 25.3 Å². The highest BCUT2D eigenvalue weighted by Crippen LogP contribution is 2.28. The lowest BCUT2D eigenvalue weighted by molar-refractivity contribution is 0.0743. The summed E-state index contributed by atoms with van der Waals surface area (Å²) >= 11 is 0. The fraction of sp³-hybridized carbons (Fsp3) is 0.600. The van der Waals surface area contributed by atoms with Crippen LogP contribution < -0.4 is 5.32 Å². The SMILES string of the molecule is CCCNc1ccc(C(=O)N(CCC)C2CC2)cn1. The van der Waals surface area contributed by atoms with Crippen LogP contribution in [0.15, 0.2) is 18.3 Å². The van der Waals surface area contributed by atoms with Gasteiger partial charge < -0.3 is 10.2 Å². The molecule has 1 aromatic rings. The Kier molecular flexibility index (Phi) is 4.77. The number of aromatic nitrogens is 1. The second-order valence-corrected chi connectivity index (χ2v) is 5.09. The van der Waals surface area contributed by atoms with Crippen LogP contribution in [0.5, 0.6) is 0 Å². The molecule has 1 N–H and O–H groups in total. The maximum atomic E-state index is 12.4. The zero-order valence-corrected chi connectivity index (χ0v) is 11.9. The minimum absolute atomic E-state index is 0.124. The number of carbonyl (C=O) groups is 1. The number of anilines is 1. The molecule has 4 nitrogen and oxygen atoms in total. The van der Waals surface area contributed by atoms with Crippen LogP contribution in [0.4, 0.5) is 5.82 Å². The Morgan fingerprint density at radius 2 is 2.16 bits per heavy atom. The highest BCUT2D eigenvalue weighted by molar-refractivity contribution is 5.94. The van der Waals surface area contributed by atoms with E-state index in [9.17, 15) is 4.79 Å². The van der Waals surface area contributed by atoms with Crippen LogP contribution in [0.2, 0.25) is 0 Å². The Bertz CT molecular complexity index is 412. The van der Waals surface area contributed by atoms with Gasteiger partial charge in [-0.05, 0) is 37.8 Å². The highest BCUT2D eigenvalue weighted by Gasteiger charge is 2.32. The van der Waals surface area contributed by atoms with E-state index in [1.54, 1.807) is 6.20 Å². The van der Waals surface area contributed by atoms with Crippen LogP contribution in [0.25, 0.3) is 0 Å². The first-order valence-electron chi connectivity index (χ1n) is 7.27. The van der Waals surface area contributed by atoms with Crippen molar-refractivity contribution < 1.29 is 4.79 Å². The molecule has 0 unspecified atom stereocenters. The molecule has 0 bridgehead atoms. The lowest BCUT2D eigenvalue weighted by Gasteiger charge is -2.21. The molecule has 0 aromatic carbocycles. The Morgan fingerprint density at radius 3 is 2.68 bits per heavy atom. The molecular weight excluding hydrogens is 238 g/mol. The third kappa shape index (κ3) is 3.69. The molecule has 1 aliphatic rings. The van der Waals surface area contributed by atoms with Crippen molar-refractivity contribution in [2.75, 3.05) is 18.4 Å². The molecule has 1 amide bonds. The molecule has 0 radical (unpaired) electrons. The first kappa shape index (κ1) is 13.8. The Morgan fingerprint density at radius 1 is 1.37 bits per heavy atom. The molecule has 4 heteroatoms. The maximum absolute atomic E-state index is 12.4. The van der Waals surface area contributed by atoms with Gasteiger partial charge in [0.2, 0.25) is 0 Å². The number of pyridine rings is 1. The van der Waals surface area contributed by atoms with Gasteiger partial charge in [-0.3, -0.25) is 4.79 Å². The number of rotatable bonds is 7. The molecule has 104 valence electrons. The van der Waals surface area contributed by atoms with Crippen LogP contribution in [0.1, 0.15) is 49.9 Å². The summed E-state index contributed by atoms with van der Waals surface area (Å²) in [6.45, 7) is 5.98. The summed E-state index contributed by atoms with van der Waals surface area (Å²) in [7, 11) is 0. The van der Waals surface area contributed by atoms with Gasteiger partial charge in [-0.1, -0.05) is 13.8 Å². The van der Waals surface area contributed by atoms with Crippen molar-refractivity contribution in [2.24, 2.45) is 0 Å². The zero-order valence-electron chi connectivity index (χ0n) is 11.9. The van der Waals surface area contributed by atoms with Gasteiger partial charge in [-0.15, -0.1) is 0 Å². The summed E-state index contributed by atoms with van der Waals surface area (Å²) in [4.78, 5) is 18.7. The second-order valence-electron chi connectivity index (χ2n) is 5.09. The van der Waals surface area contributed by atoms with Crippen molar-refractivity contribution in [1.29, 1.82) is 0 Å². The smallest absolute Gasteiger partial charge is 0.255 e. The largest absolute Gasteiger partial charge is 0.370 e. The van der Waals surface area contributed by atoms with Crippen molar-refractivity contribution in [1.82, 2.24) is 9.88 Å². The van der Waals surface area contributed by atoms with Crippen LogP contribution in [-0.4, -0.2) is 34.9 Å². The van der Waals surface area contributed by atoms with E-state index in [0.29, 0.717) is 11.6 Å². The first-order valence-corrected chi connectivity index (χ1v) is 7.27. The molecule has 0 spiro atoms. The van der Waals surface area contributed by atoms with Crippen molar-refractivity contribution in [3.8, 4) is 0 Å². The van der Waals surface area contributed by atoms with Gasteiger partial charge >= 0.3 is 0 Å². The summed E-state index contributed by atoms with van der Waals surface area (Å²) in [5.41, 5.74) is 0.697. The predicted molar refractivity (Wildman–Crippen MR) is 77.4 cm³/mol. The molecule has 1 fully saturated rings. The van der Waals surface area contributed by atoms with Gasteiger partial charge in [-0.25, -0.2) is 4.98 Å². The van der Waals surface area contributed by atoms with E-state index in [1.165, 1.54) is 0 Å². The zero-order chi connectivity index (χ0) is 13.7. The van der Waals surface area contributed by atoms with Crippen molar-refractivity contribution in [2.45, 2.75) is 45.6 Å². The monoisotopic (exact) mass is 261 g/mol. The minimum atomic E-state index is 0.124. The number of nitrogens with one attached hydrogen (secondary N) is 1. The van der Waals surface area contributed by atoms with Gasteiger partial charge in [0.05, 0.1) is 5.56 Å². The van der Waals surface area contributed by atoms with Gasteiger partial charge in [0.25, 0.3) is 5.91 Å². The summed E-state index contributed by atoms with van der Waals surface area (Å²) in [5.74, 6) is 0.964. The highest BCUT2D eigenvalue weighted by atomic mass is 16.2. The van der Waals surface area contributed by atoms with Crippen LogP contribution in [0, 0.1) is 0 Å². The summed E-state index contributed by atoms with van der Waals surface area (Å²) in [6, 6.07) is 4.23. The van der Waals surface area contributed by atoms with Crippen LogP contribution in [-0.2, 0) is 0 Å². The number of hydrogen-bond donors (Lipinski definition) is 1. The third-order valence-corrected chi connectivity index (χ3v) is 3.28. The van der Waals surface area contributed by atoms with E-state index in [1.807, 2.05) is 17.0 Å². The van der Waals surface area contributed by atoms with Crippen molar-refractivity contribution in [3.63, 3.8) is 0 Å². The average molecular weight is 261 g/mol. The number of hydrogen-bond acceptors (Lipinski definition) is 3. The average Bonchev–Trinajstić information content (AvgIpc) is 3.27. The molecule has 19 heavy (non-hydrogen) atoms. The van der Waals surface area contributed by atoms with Crippen LogP contribution >= 0.6 is 0 Å². The van der Waals surface area contributed by atoms with E-state index in [0.717, 1.165) is 44.6 Å². The number of carbonyl (C=O) groups excluding carboxylic acids is 1. The summed E-state index contributed by atoms with van der Waals surface area (Å²) in [5, 5.41) is 3.21. The van der Waals surface area contributed by atoms with Gasteiger partial charge in [0.1, 0.15) is 5.82 Å². The van der Waals surface area contributed by atoms with Crippen LogP contribution in [0.3, 0.4) is 0 Å². The Balaban J connectivity index is 2.01. The molecule has 1 aliphatic carbocycles. The number of amides is 1. The fourth-order valence-electron chi connectivity index (χ4n) is 2.12. The molecule has 1 aromatic heterocycles. The predicted octanol–water partition coefficient (Wildman–Crippen LogP) is 2.92. The lowest BCUT2D eigenvalue weighted by atomic mass is 10.2. The quantitative estimate of drug-likeness (QED) is 0.821. The molecule has 0 saturated heterocycles. The normalized spacial score (nSPS) is 14.2. The fourth-order valence-corrected chi connectivity index (χ4v) is 2.12. The first-order chi connectivity index (χ1) is 9.26. The molecule has 1 saturated carbocycles. The number of nitrogens with zero attached hydrogens (tertiary/aromatic N) is 2. The Labute approximate surface area is 115 Å². The van der Waals surface area contributed by atoms with E-state index < -0.39 is 0 Å². The second kappa shape index (κ2) is 6.55.